The van der Waals surface area contributed by atoms with Gasteiger partial charge in [0.1, 0.15) is 6.61 Å². The van der Waals surface area contributed by atoms with E-state index in [9.17, 15) is 17.2 Å². The van der Waals surface area contributed by atoms with Crippen LogP contribution in [0.3, 0.4) is 0 Å². The average molecular weight is 285 g/mol. The summed E-state index contributed by atoms with van der Waals surface area (Å²) in [5.74, 6) is -3.45. The number of rotatable bonds is 5. The average Bonchev–Trinajstić information content (AvgIpc) is 2.56. The molecule has 0 saturated carbocycles. The fraction of sp³-hybridized carbons (Fsp3) is 0.556. The third kappa shape index (κ3) is 3.70. The second-order valence-corrected chi connectivity index (χ2v) is 6.81. The number of halogens is 2. The number of hydrogen-bond donors (Lipinski definition) is 2. The minimum atomic E-state index is -3.94. The van der Waals surface area contributed by atoms with Crippen molar-refractivity contribution in [2.45, 2.75) is 24.7 Å². The molecule has 0 unspecified atom stereocenters. The van der Waals surface area contributed by atoms with Crippen LogP contribution >= 0.6 is 11.3 Å². The highest BCUT2D eigenvalue weighted by Gasteiger charge is 2.30. The van der Waals surface area contributed by atoms with E-state index in [-0.39, 0.29) is 4.90 Å². The van der Waals surface area contributed by atoms with Gasteiger partial charge in [0.05, 0.1) is 11.4 Å². The van der Waals surface area contributed by atoms with Crippen molar-refractivity contribution in [1.29, 1.82) is 0 Å². The second kappa shape index (κ2) is 4.97. The Morgan fingerprint density at radius 3 is 2.47 bits per heavy atom. The van der Waals surface area contributed by atoms with Crippen LogP contribution in [-0.2, 0) is 10.0 Å². The molecule has 8 heteroatoms. The standard InChI is InChI=1S/C9H13F2NO3S2/c1-6-3-8(7(2)16-6)17(14,15)12-4-9(10,11)5-13/h3,12-13H,4-5H2,1-2H3. The zero-order valence-electron chi connectivity index (χ0n) is 9.33. The number of nitrogens with one attached hydrogen (secondary N) is 1. The van der Waals surface area contributed by atoms with Crippen LogP contribution in [0.2, 0.25) is 0 Å². The van der Waals surface area contributed by atoms with Gasteiger partial charge >= 0.3 is 0 Å². The van der Waals surface area contributed by atoms with Crippen LogP contribution in [-0.4, -0.2) is 32.6 Å². The van der Waals surface area contributed by atoms with E-state index >= 15 is 0 Å². The lowest BCUT2D eigenvalue weighted by molar-refractivity contribution is -0.0437. The molecule has 0 fully saturated rings. The normalized spacial score (nSPS) is 13.0. The minimum Gasteiger partial charge on any atom is -0.390 e. The molecule has 0 saturated heterocycles. The Morgan fingerprint density at radius 1 is 1.47 bits per heavy atom. The summed E-state index contributed by atoms with van der Waals surface area (Å²) in [5, 5.41) is 8.34. The maximum Gasteiger partial charge on any atom is 0.283 e. The Hall–Kier alpha value is -0.570. The molecule has 1 rings (SSSR count). The first-order valence-electron chi connectivity index (χ1n) is 4.73. The molecule has 1 aromatic heterocycles. The summed E-state index contributed by atoms with van der Waals surface area (Å²) in [4.78, 5) is 1.34. The molecule has 0 spiro atoms. The molecule has 0 radical (unpaired) electrons. The lowest BCUT2D eigenvalue weighted by Crippen LogP contribution is -2.38. The van der Waals surface area contributed by atoms with E-state index in [0.717, 1.165) is 4.88 Å². The lowest BCUT2D eigenvalue weighted by atomic mass is 10.4. The number of aliphatic hydroxyl groups excluding tert-OH is 1. The summed E-state index contributed by atoms with van der Waals surface area (Å²) in [6, 6.07) is 1.43. The molecule has 1 aromatic rings. The minimum absolute atomic E-state index is 0.00809. The summed E-state index contributed by atoms with van der Waals surface area (Å²) in [7, 11) is -3.94. The van der Waals surface area contributed by atoms with Crippen molar-refractivity contribution >= 4 is 21.4 Å². The van der Waals surface area contributed by atoms with Gasteiger partial charge in [0.2, 0.25) is 10.0 Å². The number of sulfonamides is 1. The van der Waals surface area contributed by atoms with E-state index < -0.39 is 29.1 Å². The highest BCUT2D eigenvalue weighted by atomic mass is 32.2. The Kier molecular flexibility index (Phi) is 4.23. The van der Waals surface area contributed by atoms with Crippen LogP contribution in [0.15, 0.2) is 11.0 Å². The van der Waals surface area contributed by atoms with E-state index in [1.54, 1.807) is 18.6 Å². The SMILES string of the molecule is Cc1cc(S(=O)(=O)NCC(F)(F)CO)c(C)s1. The zero-order chi connectivity index (χ0) is 13.3. The van der Waals surface area contributed by atoms with Crippen LogP contribution in [0.5, 0.6) is 0 Å². The predicted molar refractivity (Wildman–Crippen MR) is 61.0 cm³/mol. The van der Waals surface area contributed by atoms with Gasteiger partial charge in [-0.3, -0.25) is 0 Å². The molecule has 17 heavy (non-hydrogen) atoms. The number of hydrogen-bond acceptors (Lipinski definition) is 4. The van der Waals surface area contributed by atoms with Gasteiger partial charge < -0.3 is 5.11 Å². The molecule has 0 aliphatic carbocycles. The monoisotopic (exact) mass is 285 g/mol. The number of alkyl halides is 2. The van der Waals surface area contributed by atoms with Gasteiger partial charge in [-0.2, -0.15) is 0 Å². The second-order valence-electron chi connectivity index (χ2n) is 3.62. The predicted octanol–water partition coefficient (Wildman–Crippen LogP) is 1.27. The van der Waals surface area contributed by atoms with Gasteiger partial charge in [-0.15, -0.1) is 11.3 Å². The Labute approximate surface area is 102 Å². The topological polar surface area (TPSA) is 66.4 Å². The van der Waals surface area contributed by atoms with Crippen molar-refractivity contribution < 1.29 is 22.3 Å². The Morgan fingerprint density at radius 2 is 2.06 bits per heavy atom. The van der Waals surface area contributed by atoms with Crippen molar-refractivity contribution in [3.8, 4) is 0 Å². The Bertz CT molecular complexity index is 496. The van der Waals surface area contributed by atoms with Crippen LogP contribution in [0.4, 0.5) is 8.78 Å². The first kappa shape index (κ1) is 14.5. The molecular weight excluding hydrogens is 272 g/mol. The third-order valence-corrected chi connectivity index (χ3v) is 4.66. The number of aryl methyl sites for hydroxylation is 2. The van der Waals surface area contributed by atoms with Gasteiger partial charge in [-0.1, -0.05) is 0 Å². The summed E-state index contributed by atoms with van der Waals surface area (Å²) in [5.41, 5.74) is 0. The van der Waals surface area contributed by atoms with Crippen molar-refractivity contribution in [3.05, 3.63) is 15.8 Å². The largest absolute Gasteiger partial charge is 0.390 e. The van der Waals surface area contributed by atoms with Crippen LogP contribution in [0.25, 0.3) is 0 Å². The highest BCUT2D eigenvalue weighted by molar-refractivity contribution is 7.89. The van der Waals surface area contributed by atoms with Crippen LogP contribution < -0.4 is 4.72 Å². The lowest BCUT2D eigenvalue weighted by Gasteiger charge is -2.13. The van der Waals surface area contributed by atoms with Gasteiger partial charge in [0.15, 0.2) is 0 Å². The van der Waals surface area contributed by atoms with Crippen molar-refractivity contribution in [3.63, 3.8) is 0 Å². The molecule has 0 atom stereocenters. The smallest absolute Gasteiger partial charge is 0.283 e. The van der Waals surface area contributed by atoms with Crippen LogP contribution in [0, 0.1) is 13.8 Å². The summed E-state index contributed by atoms with van der Waals surface area (Å²) >= 11 is 1.28. The molecular formula is C9H13F2NO3S2. The molecule has 0 aliphatic heterocycles. The summed E-state index contributed by atoms with van der Waals surface area (Å²) < 4.78 is 50.7. The molecule has 4 nitrogen and oxygen atoms in total. The highest BCUT2D eigenvalue weighted by Crippen LogP contribution is 2.25. The quantitative estimate of drug-likeness (QED) is 0.856. The first-order chi connectivity index (χ1) is 7.68. The fourth-order valence-electron chi connectivity index (χ4n) is 1.21. The maximum absolute atomic E-state index is 12.7. The van der Waals surface area contributed by atoms with E-state index in [1.807, 2.05) is 0 Å². The van der Waals surface area contributed by atoms with Gasteiger partial charge in [0, 0.05) is 9.75 Å². The molecule has 98 valence electrons. The number of aliphatic hydroxyl groups is 1. The van der Waals surface area contributed by atoms with Crippen molar-refractivity contribution in [2.75, 3.05) is 13.2 Å². The van der Waals surface area contributed by atoms with Crippen molar-refractivity contribution in [1.82, 2.24) is 4.72 Å². The molecule has 0 amide bonds. The zero-order valence-corrected chi connectivity index (χ0v) is 11.0. The van der Waals surface area contributed by atoms with Crippen molar-refractivity contribution in [2.24, 2.45) is 0 Å². The summed E-state index contributed by atoms with van der Waals surface area (Å²) in [6.07, 6.45) is 0. The molecule has 0 aromatic carbocycles. The van der Waals surface area contributed by atoms with E-state index in [1.165, 1.54) is 17.4 Å². The van der Waals surface area contributed by atoms with Gasteiger partial charge in [-0.25, -0.2) is 21.9 Å². The van der Waals surface area contributed by atoms with Crippen LogP contribution in [0.1, 0.15) is 9.75 Å². The molecule has 2 N–H and O–H groups in total. The van der Waals surface area contributed by atoms with Gasteiger partial charge in [-0.05, 0) is 19.9 Å². The first-order valence-corrected chi connectivity index (χ1v) is 7.03. The Balaban J connectivity index is 2.87. The number of thiophene rings is 1. The van der Waals surface area contributed by atoms with E-state index in [4.69, 9.17) is 5.11 Å². The molecule has 0 bridgehead atoms. The molecule has 0 aliphatic rings. The van der Waals surface area contributed by atoms with E-state index in [0.29, 0.717) is 4.88 Å². The van der Waals surface area contributed by atoms with Gasteiger partial charge in [0.25, 0.3) is 5.92 Å². The third-order valence-electron chi connectivity index (χ3n) is 2.04. The van der Waals surface area contributed by atoms with E-state index in [2.05, 4.69) is 0 Å². The maximum atomic E-state index is 12.7. The molecule has 1 heterocycles. The fourth-order valence-corrected chi connectivity index (χ4v) is 3.82. The summed E-state index contributed by atoms with van der Waals surface area (Å²) in [6.45, 7) is 0.840.